The topological polar surface area (TPSA) is 63.7 Å². The highest BCUT2D eigenvalue weighted by Crippen LogP contribution is 2.25. The van der Waals surface area contributed by atoms with Gasteiger partial charge in [0, 0.05) is 13.1 Å². The molecule has 1 amide bonds. The molecule has 0 unspecified atom stereocenters. The third-order valence-electron chi connectivity index (χ3n) is 4.14. The molecule has 1 atom stereocenters. The number of rotatable bonds is 9. The second-order valence-electron chi connectivity index (χ2n) is 7.15. The van der Waals surface area contributed by atoms with Crippen LogP contribution in [0.4, 0.5) is 0 Å². The van der Waals surface area contributed by atoms with Gasteiger partial charge in [-0.05, 0) is 35.6 Å². The van der Waals surface area contributed by atoms with Gasteiger partial charge in [-0.1, -0.05) is 56.3 Å². The van der Waals surface area contributed by atoms with E-state index in [0.29, 0.717) is 19.0 Å². The first-order valence-electron chi connectivity index (χ1n) is 9.12. The average molecular weight is 424 g/mol. The van der Waals surface area contributed by atoms with Crippen molar-refractivity contribution in [2.45, 2.75) is 32.2 Å². The van der Waals surface area contributed by atoms with Crippen LogP contribution in [0, 0.1) is 5.92 Å². The molecule has 0 saturated heterocycles. The summed E-state index contributed by atoms with van der Waals surface area (Å²) in [6, 6.07) is 15.9. The molecule has 0 radical (unpaired) electrons. The molecule has 0 spiro atoms. The molecule has 5 nitrogen and oxygen atoms in total. The molecule has 0 N–H and O–H groups in total. The van der Waals surface area contributed by atoms with Crippen LogP contribution >= 0.6 is 11.6 Å². The Morgan fingerprint density at radius 2 is 1.68 bits per heavy atom. The number of halogens is 1. The van der Waals surface area contributed by atoms with Crippen LogP contribution in [0.1, 0.15) is 36.8 Å². The highest BCUT2D eigenvalue weighted by molar-refractivity contribution is 7.86. The van der Waals surface area contributed by atoms with Crippen LogP contribution in [0.3, 0.4) is 0 Å². The Morgan fingerprint density at radius 1 is 1.07 bits per heavy atom. The van der Waals surface area contributed by atoms with Crippen molar-refractivity contribution in [2.24, 2.45) is 5.92 Å². The molecule has 152 valence electrons. The zero-order valence-corrected chi connectivity index (χ0v) is 17.9. The second kappa shape index (κ2) is 9.94. The highest BCUT2D eigenvalue weighted by atomic mass is 35.5. The lowest BCUT2D eigenvalue weighted by molar-refractivity contribution is -0.131. The van der Waals surface area contributed by atoms with Crippen molar-refractivity contribution in [2.75, 3.05) is 12.8 Å². The molecule has 0 saturated carbocycles. The number of hydrogen-bond donors (Lipinski definition) is 0. The lowest BCUT2D eigenvalue weighted by atomic mass is 10.1. The van der Waals surface area contributed by atoms with Gasteiger partial charge in [-0.3, -0.25) is 4.79 Å². The fraction of sp³-hybridized carbons (Fsp3) is 0.381. The van der Waals surface area contributed by atoms with Gasteiger partial charge in [-0.2, -0.15) is 8.42 Å². The number of hydrogen-bond acceptors (Lipinski definition) is 4. The van der Waals surface area contributed by atoms with Crippen LogP contribution in [0.15, 0.2) is 54.6 Å². The highest BCUT2D eigenvalue weighted by Gasteiger charge is 2.24. The number of benzene rings is 2. The van der Waals surface area contributed by atoms with Gasteiger partial charge >= 0.3 is 10.1 Å². The quantitative estimate of drug-likeness (QED) is 0.443. The van der Waals surface area contributed by atoms with Crippen LogP contribution in [0.5, 0.6) is 5.75 Å². The van der Waals surface area contributed by atoms with Crippen LogP contribution < -0.4 is 4.18 Å². The van der Waals surface area contributed by atoms with Gasteiger partial charge in [0.2, 0.25) is 5.91 Å². The molecule has 0 aliphatic heterocycles. The van der Waals surface area contributed by atoms with Crippen molar-refractivity contribution in [1.82, 2.24) is 4.90 Å². The first kappa shape index (κ1) is 22.2. The lowest BCUT2D eigenvalue weighted by Crippen LogP contribution is -2.34. The summed E-state index contributed by atoms with van der Waals surface area (Å²) in [6.07, 6.45) is 1.86. The molecule has 0 heterocycles. The Kier molecular flexibility index (Phi) is 7.89. The Morgan fingerprint density at radius 3 is 2.21 bits per heavy atom. The third kappa shape index (κ3) is 7.17. The van der Waals surface area contributed by atoms with Gasteiger partial charge in [0.15, 0.2) is 0 Å². The van der Waals surface area contributed by atoms with Crippen LogP contribution in [0.25, 0.3) is 0 Å². The van der Waals surface area contributed by atoms with Crippen molar-refractivity contribution >= 4 is 27.6 Å². The molecule has 0 aliphatic carbocycles. The SMILES string of the molecule is CC(C)CCN(Cc1ccc(OS(C)(=O)=O)cc1)C(=O)[C@@H](Cl)c1ccccc1. The van der Waals surface area contributed by atoms with E-state index in [0.717, 1.165) is 23.8 Å². The number of amides is 1. The summed E-state index contributed by atoms with van der Waals surface area (Å²) in [6.45, 7) is 5.19. The predicted octanol–water partition coefficient (Wildman–Crippen LogP) is 4.38. The molecular formula is C21H26ClNO4S. The molecule has 0 aromatic heterocycles. The Hall–Kier alpha value is -2.05. The van der Waals surface area contributed by atoms with E-state index in [4.69, 9.17) is 15.8 Å². The second-order valence-corrected chi connectivity index (χ2v) is 9.16. The van der Waals surface area contributed by atoms with Crippen LogP contribution in [-0.4, -0.2) is 32.0 Å². The summed E-state index contributed by atoms with van der Waals surface area (Å²) in [7, 11) is -3.57. The first-order valence-corrected chi connectivity index (χ1v) is 11.4. The van der Waals surface area contributed by atoms with Gasteiger partial charge < -0.3 is 9.08 Å². The Labute approximate surface area is 172 Å². The van der Waals surface area contributed by atoms with E-state index in [1.807, 2.05) is 30.3 Å². The smallest absolute Gasteiger partial charge is 0.306 e. The van der Waals surface area contributed by atoms with E-state index >= 15 is 0 Å². The monoisotopic (exact) mass is 423 g/mol. The van der Waals surface area contributed by atoms with E-state index in [1.165, 1.54) is 0 Å². The normalized spacial score (nSPS) is 12.6. The minimum atomic E-state index is -3.57. The maximum atomic E-state index is 13.0. The van der Waals surface area contributed by atoms with E-state index in [1.54, 1.807) is 29.2 Å². The van der Waals surface area contributed by atoms with Crippen molar-refractivity contribution in [3.63, 3.8) is 0 Å². The minimum absolute atomic E-state index is 0.148. The molecule has 0 bridgehead atoms. The first-order chi connectivity index (χ1) is 13.2. The number of carbonyl (C=O) groups is 1. The Bertz CT molecular complexity index is 867. The fourth-order valence-corrected chi connectivity index (χ4v) is 3.40. The molecule has 7 heteroatoms. The summed E-state index contributed by atoms with van der Waals surface area (Å²) in [5.74, 6) is 0.544. The van der Waals surface area contributed by atoms with E-state index in [2.05, 4.69) is 13.8 Å². The summed E-state index contributed by atoms with van der Waals surface area (Å²) >= 11 is 6.45. The van der Waals surface area contributed by atoms with Crippen molar-refractivity contribution in [3.8, 4) is 5.75 Å². The third-order valence-corrected chi connectivity index (χ3v) is 5.08. The van der Waals surface area contributed by atoms with E-state index in [-0.39, 0.29) is 11.7 Å². The lowest BCUT2D eigenvalue weighted by Gasteiger charge is -2.26. The van der Waals surface area contributed by atoms with Crippen molar-refractivity contribution in [3.05, 3.63) is 65.7 Å². The standard InChI is InChI=1S/C21H26ClNO4S/c1-16(2)13-14-23(21(24)20(22)18-7-5-4-6-8-18)15-17-9-11-19(12-10-17)27-28(3,25)26/h4-12,16,20H,13-15H2,1-3H3/t20-/m0/s1. The molecule has 2 rings (SSSR count). The van der Waals surface area contributed by atoms with Gasteiger partial charge in [0.25, 0.3) is 0 Å². The maximum Gasteiger partial charge on any atom is 0.306 e. The summed E-state index contributed by atoms with van der Waals surface area (Å²) in [5, 5.41) is -0.749. The van der Waals surface area contributed by atoms with Crippen LogP contribution in [-0.2, 0) is 21.5 Å². The number of alkyl halides is 1. The molecule has 28 heavy (non-hydrogen) atoms. The van der Waals surface area contributed by atoms with Gasteiger partial charge in [0.05, 0.1) is 6.26 Å². The van der Waals surface area contributed by atoms with E-state index < -0.39 is 15.5 Å². The molecule has 2 aromatic carbocycles. The zero-order chi connectivity index (χ0) is 20.7. The van der Waals surface area contributed by atoms with Crippen LogP contribution in [0.2, 0.25) is 0 Å². The van der Waals surface area contributed by atoms with Gasteiger partial charge in [-0.25, -0.2) is 0 Å². The summed E-state index contributed by atoms with van der Waals surface area (Å²) in [4.78, 5) is 14.8. The minimum Gasteiger partial charge on any atom is -0.383 e. The van der Waals surface area contributed by atoms with E-state index in [9.17, 15) is 13.2 Å². The summed E-state index contributed by atoms with van der Waals surface area (Å²) in [5.41, 5.74) is 1.63. The van der Waals surface area contributed by atoms with Gasteiger partial charge in [-0.15, -0.1) is 11.6 Å². The molecular weight excluding hydrogens is 398 g/mol. The largest absolute Gasteiger partial charge is 0.383 e. The zero-order valence-electron chi connectivity index (χ0n) is 16.3. The molecule has 2 aromatic rings. The fourth-order valence-electron chi connectivity index (χ4n) is 2.65. The van der Waals surface area contributed by atoms with Gasteiger partial charge in [0.1, 0.15) is 11.1 Å². The molecule has 0 aliphatic rings. The van der Waals surface area contributed by atoms with Crippen molar-refractivity contribution in [1.29, 1.82) is 0 Å². The maximum absolute atomic E-state index is 13.0. The van der Waals surface area contributed by atoms with Crippen molar-refractivity contribution < 1.29 is 17.4 Å². The number of nitrogens with zero attached hydrogens (tertiary/aromatic N) is 1. The Balaban J connectivity index is 2.15. The average Bonchev–Trinajstić information content (AvgIpc) is 2.64. The molecule has 0 fully saturated rings. The predicted molar refractivity (Wildman–Crippen MR) is 112 cm³/mol. The number of carbonyl (C=O) groups excluding carboxylic acids is 1. The summed E-state index contributed by atoms with van der Waals surface area (Å²) < 4.78 is 27.3.